The molecule has 11 heteroatoms. The van der Waals surface area contributed by atoms with E-state index >= 15 is 0 Å². The van der Waals surface area contributed by atoms with Crippen LogP contribution >= 0.6 is 11.8 Å². The SMILES string of the molecule is CC(=O)Sc1ccc(-c2ccccc2)cc1.Cc1c(F)c(F)c(-c2c(F)c(F)c(F)c(F)c2F)c(F)c1F. The normalized spacial score (nSPS) is 10.7. The third-order valence-electron chi connectivity index (χ3n) is 5.17. The van der Waals surface area contributed by atoms with Crippen LogP contribution in [0, 0.1) is 59.3 Å². The van der Waals surface area contributed by atoms with Gasteiger partial charge in [-0.05, 0) is 30.2 Å². The highest BCUT2D eigenvalue weighted by molar-refractivity contribution is 8.13. The second-order valence-corrected chi connectivity index (χ2v) is 8.94. The van der Waals surface area contributed by atoms with E-state index in [0.717, 1.165) is 4.90 Å². The fourth-order valence-electron chi connectivity index (χ4n) is 3.30. The first-order valence-corrected chi connectivity index (χ1v) is 11.4. The predicted molar refractivity (Wildman–Crippen MR) is 125 cm³/mol. The second kappa shape index (κ2) is 11.8. The number of carbonyl (C=O) groups excluding carboxylic acids is 1. The molecular formula is C27H15F9OS. The maximum atomic E-state index is 13.7. The van der Waals surface area contributed by atoms with Gasteiger partial charge in [0.05, 0.1) is 11.1 Å². The van der Waals surface area contributed by atoms with Gasteiger partial charge in [-0.3, -0.25) is 4.79 Å². The monoisotopic (exact) mass is 558 g/mol. The highest BCUT2D eigenvalue weighted by Crippen LogP contribution is 2.37. The number of thioether (sulfide) groups is 1. The molecule has 4 aromatic carbocycles. The molecule has 0 saturated heterocycles. The highest BCUT2D eigenvalue weighted by atomic mass is 32.2. The van der Waals surface area contributed by atoms with E-state index < -0.39 is 69.0 Å². The van der Waals surface area contributed by atoms with Gasteiger partial charge in [0.1, 0.15) is 0 Å². The summed E-state index contributed by atoms with van der Waals surface area (Å²) in [6.45, 7) is 2.20. The van der Waals surface area contributed by atoms with Crippen LogP contribution in [0.1, 0.15) is 12.5 Å². The van der Waals surface area contributed by atoms with Crippen molar-refractivity contribution in [2.24, 2.45) is 0 Å². The molecule has 0 amide bonds. The highest BCUT2D eigenvalue weighted by Gasteiger charge is 2.33. The van der Waals surface area contributed by atoms with Crippen LogP contribution in [0.3, 0.4) is 0 Å². The van der Waals surface area contributed by atoms with Gasteiger partial charge in [0.25, 0.3) is 0 Å². The molecule has 0 atom stereocenters. The third-order valence-corrected chi connectivity index (χ3v) is 5.96. The Bertz CT molecular complexity index is 1380. The van der Waals surface area contributed by atoms with Gasteiger partial charge in [-0.25, -0.2) is 39.5 Å². The van der Waals surface area contributed by atoms with Crippen molar-refractivity contribution < 1.29 is 44.3 Å². The summed E-state index contributed by atoms with van der Waals surface area (Å²) in [5.74, 6) is -21.4. The molecule has 0 aliphatic carbocycles. The summed E-state index contributed by atoms with van der Waals surface area (Å²) in [7, 11) is 0. The molecule has 0 aliphatic heterocycles. The summed E-state index contributed by atoms with van der Waals surface area (Å²) in [6, 6.07) is 18.2. The maximum absolute atomic E-state index is 13.7. The van der Waals surface area contributed by atoms with Crippen LogP contribution in [0.2, 0.25) is 0 Å². The topological polar surface area (TPSA) is 17.1 Å². The van der Waals surface area contributed by atoms with Crippen molar-refractivity contribution in [3.05, 3.63) is 113 Å². The van der Waals surface area contributed by atoms with Gasteiger partial charge in [-0.1, -0.05) is 54.2 Å². The molecule has 0 fully saturated rings. The Hall–Kier alpha value is -3.73. The van der Waals surface area contributed by atoms with Gasteiger partial charge in [0, 0.05) is 17.4 Å². The quantitative estimate of drug-likeness (QED) is 0.108. The lowest BCUT2D eigenvalue weighted by atomic mass is 9.99. The molecule has 38 heavy (non-hydrogen) atoms. The predicted octanol–water partition coefficient (Wildman–Crippen LogP) is 8.91. The first-order chi connectivity index (χ1) is 17.9. The molecule has 4 aromatic rings. The summed E-state index contributed by atoms with van der Waals surface area (Å²) in [6.07, 6.45) is 0. The Kier molecular flexibility index (Phi) is 8.93. The summed E-state index contributed by atoms with van der Waals surface area (Å²) in [5.41, 5.74) is -2.89. The minimum atomic E-state index is -2.59. The van der Waals surface area contributed by atoms with Crippen molar-refractivity contribution in [1.29, 1.82) is 0 Å². The molecular weight excluding hydrogens is 543 g/mol. The zero-order valence-corrected chi connectivity index (χ0v) is 20.2. The Balaban J connectivity index is 0.000000221. The second-order valence-electron chi connectivity index (χ2n) is 7.68. The van der Waals surface area contributed by atoms with Gasteiger partial charge >= 0.3 is 0 Å². The van der Waals surface area contributed by atoms with Crippen LogP contribution < -0.4 is 0 Å². The zero-order valence-electron chi connectivity index (χ0n) is 19.4. The molecule has 0 N–H and O–H groups in total. The molecule has 0 heterocycles. The summed E-state index contributed by atoms with van der Waals surface area (Å²) in [5, 5.41) is 0.118. The van der Waals surface area contributed by atoms with E-state index in [1.165, 1.54) is 22.9 Å². The summed E-state index contributed by atoms with van der Waals surface area (Å²) >= 11 is 1.26. The first kappa shape index (κ1) is 28.8. The van der Waals surface area contributed by atoms with Gasteiger partial charge < -0.3 is 0 Å². The van der Waals surface area contributed by atoms with E-state index in [1.807, 2.05) is 42.5 Å². The molecule has 0 aliphatic rings. The number of hydrogen-bond acceptors (Lipinski definition) is 2. The molecule has 0 unspecified atom stereocenters. The first-order valence-electron chi connectivity index (χ1n) is 10.5. The summed E-state index contributed by atoms with van der Waals surface area (Å²) in [4.78, 5) is 11.9. The fourth-order valence-corrected chi connectivity index (χ4v) is 3.90. The molecule has 0 aromatic heterocycles. The largest absolute Gasteiger partial charge is 0.287 e. The average molecular weight is 558 g/mol. The van der Waals surface area contributed by atoms with Crippen LogP contribution in [0.25, 0.3) is 22.3 Å². The number of rotatable bonds is 3. The van der Waals surface area contributed by atoms with E-state index in [2.05, 4.69) is 12.1 Å². The van der Waals surface area contributed by atoms with Crippen LogP contribution in [-0.2, 0) is 4.79 Å². The lowest BCUT2D eigenvalue weighted by Crippen LogP contribution is -2.09. The van der Waals surface area contributed by atoms with E-state index in [1.54, 1.807) is 6.92 Å². The van der Waals surface area contributed by atoms with Crippen molar-refractivity contribution in [2.45, 2.75) is 18.7 Å². The van der Waals surface area contributed by atoms with Crippen LogP contribution in [-0.4, -0.2) is 5.12 Å². The maximum Gasteiger partial charge on any atom is 0.200 e. The van der Waals surface area contributed by atoms with Crippen molar-refractivity contribution >= 4 is 16.9 Å². The van der Waals surface area contributed by atoms with Crippen molar-refractivity contribution in [2.75, 3.05) is 0 Å². The van der Waals surface area contributed by atoms with Gasteiger partial charge in [0.15, 0.2) is 51.7 Å². The third kappa shape index (κ3) is 5.72. The lowest BCUT2D eigenvalue weighted by molar-refractivity contribution is -0.109. The van der Waals surface area contributed by atoms with E-state index in [0.29, 0.717) is 6.92 Å². The Labute approximate surface area is 214 Å². The van der Waals surface area contributed by atoms with Crippen LogP contribution in [0.4, 0.5) is 39.5 Å². The number of hydrogen-bond donors (Lipinski definition) is 0. The summed E-state index contributed by atoms with van der Waals surface area (Å²) < 4.78 is 120. The molecule has 0 saturated carbocycles. The Morgan fingerprint density at radius 2 is 0.895 bits per heavy atom. The average Bonchev–Trinajstić information content (AvgIpc) is 2.91. The smallest absolute Gasteiger partial charge is 0.200 e. The molecule has 0 bridgehead atoms. The Morgan fingerprint density at radius 3 is 1.32 bits per heavy atom. The fraction of sp³-hybridized carbons (Fsp3) is 0.0741. The molecule has 4 rings (SSSR count). The van der Waals surface area contributed by atoms with Crippen LogP contribution in [0.15, 0.2) is 59.5 Å². The van der Waals surface area contributed by atoms with Crippen molar-refractivity contribution in [1.82, 2.24) is 0 Å². The van der Waals surface area contributed by atoms with Crippen molar-refractivity contribution in [3.8, 4) is 22.3 Å². The minimum Gasteiger partial charge on any atom is -0.287 e. The standard InChI is InChI=1S/C14H12OS.C13H3F9/c1-11(15)16-14-9-7-13(8-10-14)12-5-3-2-4-6-12;1-2-5(14)7(16)3(8(17)6(2)15)4-9(18)11(20)13(22)12(21)10(4)19/h2-10H,1H3;1H3. The molecule has 1 nitrogen and oxygen atoms in total. The van der Waals surface area contributed by atoms with Gasteiger partial charge in [0.2, 0.25) is 5.82 Å². The van der Waals surface area contributed by atoms with E-state index in [4.69, 9.17) is 0 Å². The molecule has 198 valence electrons. The van der Waals surface area contributed by atoms with Gasteiger partial charge in [-0.15, -0.1) is 0 Å². The van der Waals surface area contributed by atoms with Gasteiger partial charge in [-0.2, -0.15) is 0 Å². The Morgan fingerprint density at radius 1 is 0.526 bits per heavy atom. The number of carbonyl (C=O) groups is 1. The number of benzene rings is 4. The number of halogens is 9. The van der Waals surface area contributed by atoms with E-state index in [9.17, 15) is 44.3 Å². The van der Waals surface area contributed by atoms with E-state index in [-0.39, 0.29) is 5.12 Å². The lowest BCUT2D eigenvalue weighted by Gasteiger charge is -2.12. The van der Waals surface area contributed by atoms with Crippen LogP contribution in [0.5, 0.6) is 0 Å². The molecule has 0 radical (unpaired) electrons. The molecule has 0 spiro atoms. The zero-order chi connectivity index (χ0) is 28.3. The minimum absolute atomic E-state index is 0.118. The van der Waals surface area contributed by atoms with Crippen molar-refractivity contribution in [3.63, 3.8) is 0 Å².